The van der Waals surface area contributed by atoms with Crippen molar-refractivity contribution in [3.05, 3.63) is 33.3 Å². The van der Waals surface area contributed by atoms with Gasteiger partial charge in [-0.05, 0) is 67.3 Å². The molecule has 2 rings (SSSR count). The van der Waals surface area contributed by atoms with Gasteiger partial charge < -0.3 is 0 Å². The van der Waals surface area contributed by atoms with Crippen molar-refractivity contribution in [3.63, 3.8) is 0 Å². The molecule has 0 saturated carbocycles. The molecular weight excluding hydrogens is 239 g/mol. The lowest BCUT2D eigenvalue weighted by molar-refractivity contribution is 0.503. The van der Waals surface area contributed by atoms with Crippen molar-refractivity contribution in [1.82, 2.24) is 0 Å². The molecule has 0 aliphatic heterocycles. The van der Waals surface area contributed by atoms with Gasteiger partial charge in [0.1, 0.15) is 0 Å². The van der Waals surface area contributed by atoms with E-state index in [0.717, 1.165) is 17.9 Å². The average Bonchev–Trinajstić information content (AvgIpc) is 2.34. The van der Waals surface area contributed by atoms with Crippen molar-refractivity contribution in [2.75, 3.05) is 0 Å². The molecule has 1 aliphatic carbocycles. The molecule has 0 heterocycles. The monoisotopic (exact) mass is 256 g/mol. The quantitative estimate of drug-likeness (QED) is 0.442. The zero-order valence-corrected chi connectivity index (χ0v) is 11.6. The Labute approximate surface area is 108 Å². The van der Waals surface area contributed by atoms with Crippen molar-refractivity contribution < 1.29 is 0 Å². The third kappa shape index (κ3) is 2.10. The van der Waals surface area contributed by atoms with E-state index in [-0.39, 0.29) is 5.38 Å². The molecule has 0 spiro atoms. The highest BCUT2D eigenvalue weighted by Gasteiger charge is 2.24. The Morgan fingerprint density at radius 2 is 2.00 bits per heavy atom. The molecule has 0 amide bonds. The van der Waals surface area contributed by atoms with E-state index in [9.17, 15) is 0 Å². The summed E-state index contributed by atoms with van der Waals surface area (Å²) in [5.74, 6) is 0.686. The van der Waals surface area contributed by atoms with Crippen LogP contribution in [0.2, 0.25) is 5.02 Å². The topological polar surface area (TPSA) is 0 Å². The highest BCUT2D eigenvalue weighted by molar-refractivity contribution is 6.32. The smallest absolute Gasteiger partial charge is 0.0593 e. The molecule has 1 aromatic rings. The van der Waals surface area contributed by atoms with Crippen LogP contribution in [0.15, 0.2) is 6.07 Å². The summed E-state index contributed by atoms with van der Waals surface area (Å²) < 4.78 is 0. The Bertz CT molecular complexity index is 410. The Morgan fingerprint density at radius 3 is 2.69 bits per heavy atom. The maximum atomic E-state index is 6.54. The first-order chi connectivity index (χ1) is 7.50. The Kier molecular flexibility index (Phi) is 3.51. The van der Waals surface area contributed by atoms with Gasteiger partial charge in [0.15, 0.2) is 0 Å². The van der Waals surface area contributed by atoms with Crippen LogP contribution in [0.3, 0.4) is 0 Å². The highest BCUT2D eigenvalue weighted by Crippen LogP contribution is 2.41. The minimum absolute atomic E-state index is 0.130. The Hall–Kier alpha value is -0.200. The largest absolute Gasteiger partial charge is 0.118 e. The second-order valence-electron chi connectivity index (χ2n) is 5.04. The molecule has 0 nitrogen and oxygen atoms in total. The van der Waals surface area contributed by atoms with Crippen LogP contribution in [0.25, 0.3) is 0 Å². The fourth-order valence-corrected chi connectivity index (χ4v) is 3.57. The van der Waals surface area contributed by atoms with Gasteiger partial charge in [0.25, 0.3) is 0 Å². The van der Waals surface area contributed by atoms with Crippen molar-refractivity contribution >= 4 is 23.2 Å². The highest BCUT2D eigenvalue weighted by atomic mass is 35.5. The molecule has 0 fully saturated rings. The van der Waals surface area contributed by atoms with Crippen molar-refractivity contribution in [1.29, 1.82) is 0 Å². The van der Waals surface area contributed by atoms with Crippen molar-refractivity contribution in [2.24, 2.45) is 5.92 Å². The van der Waals surface area contributed by atoms with Gasteiger partial charge >= 0.3 is 0 Å². The molecule has 2 atom stereocenters. The Morgan fingerprint density at radius 1 is 1.31 bits per heavy atom. The molecule has 2 heteroatoms. The van der Waals surface area contributed by atoms with Crippen LogP contribution in [0, 0.1) is 19.8 Å². The average molecular weight is 257 g/mol. The van der Waals surface area contributed by atoms with Gasteiger partial charge in [-0.3, -0.25) is 0 Å². The van der Waals surface area contributed by atoms with E-state index in [0.29, 0.717) is 5.92 Å². The van der Waals surface area contributed by atoms with Crippen molar-refractivity contribution in [2.45, 2.75) is 45.4 Å². The maximum Gasteiger partial charge on any atom is 0.0593 e. The molecule has 1 aliphatic rings. The van der Waals surface area contributed by atoms with Gasteiger partial charge in [0.2, 0.25) is 0 Å². The molecule has 2 unspecified atom stereocenters. The fourth-order valence-electron chi connectivity index (χ4n) is 2.61. The first kappa shape index (κ1) is 12.3. The zero-order valence-electron chi connectivity index (χ0n) is 10.1. The summed E-state index contributed by atoms with van der Waals surface area (Å²) >= 11 is 12.9. The van der Waals surface area contributed by atoms with Gasteiger partial charge in [-0.2, -0.15) is 0 Å². The van der Waals surface area contributed by atoms with E-state index in [4.69, 9.17) is 23.2 Å². The number of aryl methyl sites for hydroxylation is 1. The number of halogens is 2. The van der Waals surface area contributed by atoms with Gasteiger partial charge in [-0.25, -0.2) is 0 Å². The molecule has 0 bridgehead atoms. The van der Waals surface area contributed by atoms with Crippen LogP contribution in [-0.4, -0.2) is 0 Å². The summed E-state index contributed by atoms with van der Waals surface area (Å²) in [6, 6.07) is 2.08. The van der Waals surface area contributed by atoms with Gasteiger partial charge in [0.05, 0.1) is 5.38 Å². The van der Waals surface area contributed by atoms with Crippen LogP contribution >= 0.6 is 23.2 Å². The molecule has 0 radical (unpaired) electrons. The number of hydrogen-bond acceptors (Lipinski definition) is 0. The molecular formula is C14H18Cl2. The number of fused-ring (bicyclic) bond motifs is 1. The van der Waals surface area contributed by atoms with Gasteiger partial charge in [-0.1, -0.05) is 18.5 Å². The lowest BCUT2D eigenvalue weighted by Gasteiger charge is -2.18. The van der Waals surface area contributed by atoms with E-state index in [2.05, 4.69) is 26.8 Å². The van der Waals surface area contributed by atoms with Crippen molar-refractivity contribution in [3.8, 4) is 0 Å². The third-order valence-corrected chi connectivity index (χ3v) is 4.50. The maximum absolute atomic E-state index is 6.54. The summed E-state index contributed by atoms with van der Waals surface area (Å²) in [7, 11) is 0. The molecule has 0 saturated heterocycles. The molecule has 88 valence electrons. The number of rotatable bonds is 0. The van der Waals surface area contributed by atoms with Gasteiger partial charge in [-0.15, -0.1) is 11.6 Å². The van der Waals surface area contributed by atoms with E-state index >= 15 is 0 Å². The molecule has 0 aromatic heterocycles. The summed E-state index contributed by atoms with van der Waals surface area (Å²) in [6.45, 7) is 6.55. The zero-order chi connectivity index (χ0) is 11.9. The normalized spacial score (nSPS) is 25.1. The minimum Gasteiger partial charge on any atom is -0.118 e. The lowest BCUT2D eigenvalue weighted by atomic mass is 9.94. The standard InChI is InChI=1S/C14H18Cl2/c1-8-4-5-11-12(15)7-9(2)10(3)14(11)13(16)6-8/h7-8,13H,4-6H2,1-3H3. The SMILES string of the molecule is Cc1cc(Cl)c2c(c1C)C(Cl)CC(C)CC2. The van der Waals surface area contributed by atoms with E-state index in [1.54, 1.807) is 0 Å². The second kappa shape index (κ2) is 4.58. The van der Waals surface area contributed by atoms with Crippen LogP contribution < -0.4 is 0 Å². The van der Waals surface area contributed by atoms with E-state index < -0.39 is 0 Å². The number of hydrogen-bond donors (Lipinski definition) is 0. The predicted molar refractivity (Wildman–Crippen MR) is 71.6 cm³/mol. The first-order valence-electron chi connectivity index (χ1n) is 5.93. The molecule has 16 heavy (non-hydrogen) atoms. The van der Waals surface area contributed by atoms with Crippen LogP contribution in [0.4, 0.5) is 0 Å². The number of alkyl halides is 1. The molecule has 1 aromatic carbocycles. The van der Waals surface area contributed by atoms with Crippen LogP contribution in [0.5, 0.6) is 0 Å². The summed E-state index contributed by atoms with van der Waals surface area (Å²) in [4.78, 5) is 0. The number of benzene rings is 1. The first-order valence-corrected chi connectivity index (χ1v) is 6.74. The van der Waals surface area contributed by atoms with E-state index in [1.807, 2.05) is 0 Å². The molecule has 0 N–H and O–H groups in total. The fraction of sp³-hybridized carbons (Fsp3) is 0.571. The summed E-state index contributed by atoms with van der Waals surface area (Å²) in [6.07, 6.45) is 3.33. The van der Waals surface area contributed by atoms with Gasteiger partial charge in [0, 0.05) is 5.02 Å². The van der Waals surface area contributed by atoms with Crippen LogP contribution in [0.1, 0.15) is 47.4 Å². The minimum atomic E-state index is 0.130. The second-order valence-corrected chi connectivity index (χ2v) is 5.97. The lowest BCUT2D eigenvalue weighted by Crippen LogP contribution is -2.01. The summed E-state index contributed by atoms with van der Waals surface area (Å²) in [5, 5.41) is 1.03. The third-order valence-electron chi connectivity index (χ3n) is 3.76. The Balaban J connectivity index is 2.59. The summed E-state index contributed by atoms with van der Waals surface area (Å²) in [5.41, 5.74) is 5.17. The predicted octanol–water partition coefficient (Wildman–Crippen LogP) is 5.21. The van der Waals surface area contributed by atoms with E-state index in [1.165, 1.54) is 28.7 Å². The van der Waals surface area contributed by atoms with Crippen LogP contribution in [-0.2, 0) is 6.42 Å².